The Balaban J connectivity index is 1.31. The number of rotatable bonds is 8. The maximum Gasteiger partial charge on any atom is 0.222 e. The summed E-state index contributed by atoms with van der Waals surface area (Å²) in [5.74, 6) is 1.41. The highest BCUT2D eigenvalue weighted by atomic mass is 16.3. The van der Waals surface area contributed by atoms with Crippen LogP contribution in [0.1, 0.15) is 51.5 Å². The third-order valence-corrected chi connectivity index (χ3v) is 7.00. The number of carbonyl (C=O) groups is 1. The lowest BCUT2D eigenvalue weighted by Gasteiger charge is -2.37. The summed E-state index contributed by atoms with van der Waals surface area (Å²) in [7, 11) is 0. The number of likely N-dealkylation sites (N-methyl/N-ethyl adjacent to an activating group) is 1. The van der Waals surface area contributed by atoms with Gasteiger partial charge in [-0.25, -0.2) is 0 Å². The van der Waals surface area contributed by atoms with E-state index >= 15 is 0 Å². The lowest BCUT2D eigenvalue weighted by molar-refractivity contribution is -0.133. The van der Waals surface area contributed by atoms with Crippen molar-refractivity contribution in [1.82, 2.24) is 14.7 Å². The first kappa shape index (κ1) is 22.1. The van der Waals surface area contributed by atoms with Crippen LogP contribution >= 0.6 is 0 Å². The highest BCUT2D eigenvalue weighted by molar-refractivity contribution is 5.76. The molecule has 0 spiro atoms. The number of nitrogens with zero attached hydrogens (tertiary/aromatic N) is 3. The zero-order chi connectivity index (χ0) is 20.6. The number of amides is 1. The van der Waals surface area contributed by atoms with Crippen molar-refractivity contribution >= 4 is 5.91 Å². The molecular formula is C24H39N3O2. The second-order valence-corrected chi connectivity index (χ2v) is 8.89. The van der Waals surface area contributed by atoms with Gasteiger partial charge in [0.15, 0.2) is 0 Å². The minimum Gasteiger partial charge on any atom is -0.508 e. The Morgan fingerprint density at radius 3 is 2.34 bits per heavy atom. The molecule has 0 bridgehead atoms. The molecule has 2 aliphatic heterocycles. The molecule has 3 rings (SSSR count). The molecule has 2 aliphatic rings. The van der Waals surface area contributed by atoms with Crippen molar-refractivity contribution in [2.75, 3.05) is 45.8 Å². The predicted molar refractivity (Wildman–Crippen MR) is 118 cm³/mol. The monoisotopic (exact) mass is 401 g/mol. The average molecular weight is 402 g/mol. The van der Waals surface area contributed by atoms with Crippen molar-refractivity contribution < 1.29 is 9.90 Å². The van der Waals surface area contributed by atoms with E-state index in [9.17, 15) is 9.90 Å². The smallest absolute Gasteiger partial charge is 0.222 e. The van der Waals surface area contributed by atoms with E-state index in [0.29, 0.717) is 23.6 Å². The normalized spacial score (nSPS) is 20.7. The fourth-order valence-electron chi connectivity index (χ4n) is 4.70. The minimum absolute atomic E-state index is 0.338. The number of hydrogen-bond acceptors (Lipinski definition) is 4. The van der Waals surface area contributed by atoms with Crippen molar-refractivity contribution in [1.29, 1.82) is 0 Å². The molecule has 0 aliphatic carbocycles. The molecule has 2 heterocycles. The highest BCUT2D eigenvalue weighted by Crippen LogP contribution is 2.25. The number of carbonyl (C=O) groups excluding carboxylic acids is 1. The first-order chi connectivity index (χ1) is 14.0. The molecule has 2 saturated heterocycles. The van der Waals surface area contributed by atoms with E-state index in [1.54, 1.807) is 12.1 Å². The molecule has 1 N–H and O–H groups in total. The number of phenolic OH excluding ortho intramolecular Hbond substituents is 1. The van der Waals surface area contributed by atoms with Crippen LogP contribution in [0.2, 0.25) is 0 Å². The molecule has 5 heteroatoms. The van der Waals surface area contributed by atoms with Crippen LogP contribution in [0.5, 0.6) is 5.75 Å². The average Bonchev–Trinajstić information content (AvgIpc) is 2.77. The molecule has 0 aromatic heterocycles. The van der Waals surface area contributed by atoms with Crippen molar-refractivity contribution in [2.45, 2.75) is 58.4 Å². The summed E-state index contributed by atoms with van der Waals surface area (Å²) in [5, 5.41) is 9.40. The number of likely N-dealkylation sites (tertiary alicyclic amines) is 1. The summed E-state index contributed by atoms with van der Waals surface area (Å²) >= 11 is 0. The molecule has 1 aromatic rings. The summed E-state index contributed by atoms with van der Waals surface area (Å²) in [6.07, 6.45) is 6.44. The molecule has 2 fully saturated rings. The summed E-state index contributed by atoms with van der Waals surface area (Å²) in [6.45, 7) is 11.8. The Morgan fingerprint density at radius 1 is 1.07 bits per heavy atom. The van der Waals surface area contributed by atoms with Crippen molar-refractivity contribution in [3.8, 4) is 5.75 Å². The number of hydrogen-bond donors (Lipinski definition) is 1. The lowest BCUT2D eigenvalue weighted by atomic mass is 9.90. The molecule has 5 nitrogen and oxygen atoms in total. The lowest BCUT2D eigenvalue weighted by Crippen LogP contribution is -2.48. The van der Waals surface area contributed by atoms with Crippen molar-refractivity contribution in [3.05, 3.63) is 29.8 Å². The Hall–Kier alpha value is -1.59. The van der Waals surface area contributed by atoms with Gasteiger partial charge in [-0.3, -0.25) is 4.79 Å². The standard InChI is InChI=1S/C24H39N3O2/c1-3-25-16-18-27(19-17-25)24(29)11-8-22-12-14-26(15-13-22)20(2)4-5-21-6-9-23(28)10-7-21/h6-7,9-10,20,22,28H,3-5,8,11-19H2,1-2H3/t20-/m0/s1. The number of aromatic hydroxyl groups is 1. The van der Waals surface area contributed by atoms with Crippen molar-refractivity contribution in [3.63, 3.8) is 0 Å². The van der Waals surface area contributed by atoms with Gasteiger partial charge in [0.1, 0.15) is 5.75 Å². The van der Waals surface area contributed by atoms with E-state index < -0.39 is 0 Å². The molecular weight excluding hydrogens is 362 g/mol. The first-order valence-corrected chi connectivity index (χ1v) is 11.6. The SMILES string of the molecule is CCN1CCN(C(=O)CCC2CCN([C@@H](C)CCc3ccc(O)cc3)CC2)CC1. The van der Waals surface area contributed by atoms with Crippen LogP contribution in [0.4, 0.5) is 0 Å². The summed E-state index contributed by atoms with van der Waals surface area (Å²) in [6, 6.07) is 8.18. The molecule has 1 atom stereocenters. The van der Waals surface area contributed by atoms with E-state index in [0.717, 1.165) is 71.5 Å². The Bertz CT molecular complexity index is 618. The predicted octanol–water partition coefficient (Wildman–Crippen LogP) is 3.37. The minimum atomic E-state index is 0.338. The van der Waals surface area contributed by atoms with Gasteiger partial charge in [0.2, 0.25) is 5.91 Å². The van der Waals surface area contributed by atoms with Crippen LogP contribution in [0.25, 0.3) is 0 Å². The van der Waals surface area contributed by atoms with Gasteiger partial charge in [0, 0.05) is 38.6 Å². The van der Waals surface area contributed by atoms with Gasteiger partial charge in [-0.2, -0.15) is 0 Å². The van der Waals surface area contributed by atoms with Crippen LogP contribution in [0, 0.1) is 5.92 Å². The van der Waals surface area contributed by atoms with Gasteiger partial charge in [0.05, 0.1) is 0 Å². The van der Waals surface area contributed by atoms with Crippen LogP contribution < -0.4 is 0 Å². The second-order valence-electron chi connectivity index (χ2n) is 8.89. The largest absolute Gasteiger partial charge is 0.508 e. The molecule has 0 unspecified atom stereocenters. The summed E-state index contributed by atoms with van der Waals surface area (Å²) < 4.78 is 0. The number of benzene rings is 1. The van der Waals surface area contributed by atoms with Gasteiger partial charge in [-0.15, -0.1) is 0 Å². The Labute approximate surface area is 176 Å². The maximum absolute atomic E-state index is 12.5. The van der Waals surface area contributed by atoms with Gasteiger partial charge in [-0.1, -0.05) is 19.1 Å². The number of phenols is 1. The summed E-state index contributed by atoms with van der Waals surface area (Å²) in [5.41, 5.74) is 1.29. The van der Waals surface area contributed by atoms with E-state index in [2.05, 4.69) is 28.5 Å². The zero-order valence-corrected chi connectivity index (χ0v) is 18.4. The fourth-order valence-corrected chi connectivity index (χ4v) is 4.70. The summed E-state index contributed by atoms with van der Waals surface area (Å²) in [4.78, 5) is 19.6. The maximum atomic E-state index is 12.5. The third kappa shape index (κ3) is 6.71. The molecule has 0 radical (unpaired) electrons. The second kappa shape index (κ2) is 11.0. The van der Waals surface area contributed by atoms with Gasteiger partial charge in [0.25, 0.3) is 0 Å². The molecule has 1 aromatic carbocycles. The zero-order valence-electron chi connectivity index (χ0n) is 18.4. The van der Waals surface area contributed by atoms with Crippen LogP contribution in [-0.2, 0) is 11.2 Å². The van der Waals surface area contributed by atoms with E-state index in [4.69, 9.17) is 0 Å². The van der Waals surface area contributed by atoms with Crippen molar-refractivity contribution in [2.24, 2.45) is 5.92 Å². The Morgan fingerprint density at radius 2 is 1.72 bits per heavy atom. The molecule has 0 saturated carbocycles. The molecule has 162 valence electrons. The van der Waals surface area contributed by atoms with E-state index in [-0.39, 0.29) is 0 Å². The fraction of sp³-hybridized carbons (Fsp3) is 0.708. The number of aryl methyl sites for hydroxylation is 1. The van der Waals surface area contributed by atoms with Crippen LogP contribution in [0.15, 0.2) is 24.3 Å². The first-order valence-electron chi connectivity index (χ1n) is 11.6. The van der Waals surface area contributed by atoms with Gasteiger partial charge >= 0.3 is 0 Å². The highest BCUT2D eigenvalue weighted by Gasteiger charge is 2.25. The van der Waals surface area contributed by atoms with E-state index in [1.165, 1.54) is 18.4 Å². The number of piperazine rings is 1. The van der Waals surface area contributed by atoms with Gasteiger partial charge < -0.3 is 19.8 Å². The quantitative estimate of drug-likeness (QED) is 0.726. The van der Waals surface area contributed by atoms with E-state index in [1.807, 2.05) is 12.1 Å². The molecule has 1 amide bonds. The topological polar surface area (TPSA) is 47.0 Å². The van der Waals surface area contributed by atoms with Gasteiger partial charge in [-0.05, 0) is 82.3 Å². The Kier molecular flexibility index (Phi) is 8.37. The number of piperidine rings is 1. The molecule has 29 heavy (non-hydrogen) atoms. The third-order valence-electron chi connectivity index (χ3n) is 7.00. The van der Waals surface area contributed by atoms with Crippen LogP contribution in [-0.4, -0.2) is 77.6 Å². The van der Waals surface area contributed by atoms with Crippen LogP contribution in [0.3, 0.4) is 0 Å².